The summed E-state index contributed by atoms with van der Waals surface area (Å²) in [5.74, 6) is 1.83. The third-order valence-corrected chi connectivity index (χ3v) is 5.19. The van der Waals surface area contributed by atoms with Crippen molar-refractivity contribution in [1.29, 1.82) is 0 Å². The van der Waals surface area contributed by atoms with Crippen molar-refractivity contribution >= 4 is 5.91 Å². The van der Waals surface area contributed by atoms with E-state index in [1.165, 1.54) is 37.7 Å². The second kappa shape index (κ2) is 8.84. The lowest BCUT2D eigenvalue weighted by molar-refractivity contribution is -0.122. The van der Waals surface area contributed by atoms with E-state index < -0.39 is 0 Å². The lowest BCUT2D eigenvalue weighted by Crippen LogP contribution is -2.28. The summed E-state index contributed by atoms with van der Waals surface area (Å²) < 4.78 is 2.24. The number of hydrogen-bond donors (Lipinski definition) is 1. The van der Waals surface area contributed by atoms with Gasteiger partial charge in [0.15, 0.2) is 0 Å². The number of benzene rings is 1. The van der Waals surface area contributed by atoms with Crippen LogP contribution in [0.2, 0.25) is 0 Å². The van der Waals surface area contributed by atoms with E-state index in [0.29, 0.717) is 18.9 Å². The molecule has 1 heterocycles. The van der Waals surface area contributed by atoms with Gasteiger partial charge in [0.1, 0.15) is 5.82 Å². The van der Waals surface area contributed by atoms with Gasteiger partial charge in [-0.15, -0.1) is 0 Å². The predicted octanol–water partition coefficient (Wildman–Crippen LogP) is 3.87. The molecule has 25 heavy (non-hydrogen) atoms. The number of rotatable bonds is 7. The topological polar surface area (TPSA) is 46.9 Å². The average molecular weight is 339 g/mol. The number of amides is 1. The zero-order valence-electron chi connectivity index (χ0n) is 15.2. The lowest BCUT2D eigenvalue weighted by atomic mass is 9.87. The molecule has 0 atom stereocenters. The van der Waals surface area contributed by atoms with Gasteiger partial charge in [0.05, 0.1) is 0 Å². The number of nitrogens with one attached hydrogen (secondary N) is 1. The quantitative estimate of drug-likeness (QED) is 0.832. The molecule has 0 bridgehead atoms. The Morgan fingerprint density at radius 2 is 1.96 bits per heavy atom. The van der Waals surface area contributed by atoms with Crippen LogP contribution in [0.1, 0.15) is 55.6 Å². The fourth-order valence-corrected chi connectivity index (χ4v) is 3.73. The van der Waals surface area contributed by atoms with Gasteiger partial charge in [0.2, 0.25) is 5.91 Å². The molecule has 0 radical (unpaired) electrons. The van der Waals surface area contributed by atoms with Gasteiger partial charge in [-0.05, 0) is 31.2 Å². The summed E-state index contributed by atoms with van der Waals surface area (Å²) in [6.07, 6.45) is 9.72. The van der Waals surface area contributed by atoms with Crippen molar-refractivity contribution in [2.75, 3.05) is 6.54 Å². The third-order valence-electron chi connectivity index (χ3n) is 5.19. The van der Waals surface area contributed by atoms with Crippen LogP contribution in [0.3, 0.4) is 0 Å². The molecule has 1 aliphatic rings. The Balaban J connectivity index is 1.49. The van der Waals surface area contributed by atoms with Crippen LogP contribution in [-0.2, 0) is 17.8 Å². The van der Waals surface area contributed by atoms with Crippen LogP contribution < -0.4 is 5.32 Å². The minimum Gasteiger partial charge on any atom is -0.356 e. The molecule has 1 amide bonds. The van der Waals surface area contributed by atoms with Gasteiger partial charge in [-0.3, -0.25) is 4.79 Å². The van der Waals surface area contributed by atoms with E-state index in [-0.39, 0.29) is 5.91 Å². The molecule has 0 spiro atoms. The van der Waals surface area contributed by atoms with Crippen molar-refractivity contribution < 1.29 is 4.79 Å². The summed E-state index contributed by atoms with van der Waals surface area (Å²) in [7, 11) is 0. The van der Waals surface area contributed by atoms with Crippen molar-refractivity contribution in [1.82, 2.24) is 14.9 Å². The Morgan fingerprint density at radius 1 is 1.20 bits per heavy atom. The van der Waals surface area contributed by atoms with Crippen molar-refractivity contribution in [3.05, 3.63) is 53.6 Å². The Morgan fingerprint density at radius 3 is 2.72 bits per heavy atom. The molecule has 1 fully saturated rings. The Bertz CT molecular complexity index is 672. The highest BCUT2D eigenvalue weighted by molar-refractivity contribution is 5.76. The lowest BCUT2D eigenvalue weighted by Gasteiger charge is -2.20. The molecule has 1 aliphatic carbocycles. The van der Waals surface area contributed by atoms with Crippen LogP contribution in [0.5, 0.6) is 0 Å². The number of nitrogens with zero attached hydrogens (tertiary/aromatic N) is 2. The van der Waals surface area contributed by atoms with Gasteiger partial charge in [-0.1, -0.05) is 49.6 Å². The van der Waals surface area contributed by atoms with E-state index in [0.717, 1.165) is 24.5 Å². The number of carbonyl (C=O) groups is 1. The second-order valence-electron chi connectivity index (χ2n) is 7.20. The van der Waals surface area contributed by atoms with Gasteiger partial charge in [-0.2, -0.15) is 0 Å². The van der Waals surface area contributed by atoms with Crippen molar-refractivity contribution in [3.8, 4) is 0 Å². The van der Waals surface area contributed by atoms with E-state index in [2.05, 4.69) is 46.1 Å². The highest BCUT2D eigenvalue weighted by atomic mass is 16.1. The number of hydrogen-bond acceptors (Lipinski definition) is 2. The van der Waals surface area contributed by atoms with E-state index >= 15 is 0 Å². The standard InChI is InChI=1S/C21H29N3O/c1-17-15-23-20(24(17)16-19-10-6-3-7-11-19)12-13-22-21(25)14-18-8-4-2-5-9-18/h3,6-7,10-11,15,18H,2,4-5,8-9,12-14,16H2,1H3,(H,22,25). The molecule has 1 saturated carbocycles. The molecule has 3 rings (SSSR count). The highest BCUT2D eigenvalue weighted by Gasteiger charge is 2.17. The maximum Gasteiger partial charge on any atom is 0.220 e. The number of imidazole rings is 1. The second-order valence-corrected chi connectivity index (χ2v) is 7.20. The predicted molar refractivity (Wildman–Crippen MR) is 100 cm³/mol. The van der Waals surface area contributed by atoms with Crippen LogP contribution in [0.25, 0.3) is 0 Å². The summed E-state index contributed by atoms with van der Waals surface area (Å²) in [6, 6.07) is 10.4. The van der Waals surface area contributed by atoms with Gasteiger partial charge in [0, 0.05) is 37.8 Å². The van der Waals surface area contributed by atoms with E-state index in [1.54, 1.807) is 0 Å². The first-order chi connectivity index (χ1) is 12.2. The number of aryl methyl sites for hydroxylation is 1. The van der Waals surface area contributed by atoms with Crippen LogP contribution in [-0.4, -0.2) is 22.0 Å². The van der Waals surface area contributed by atoms with Gasteiger partial charge < -0.3 is 9.88 Å². The summed E-state index contributed by atoms with van der Waals surface area (Å²) in [6.45, 7) is 3.58. The fraction of sp³-hybridized carbons (Fsp3) is 0.524. The molecule has 1 aromatic heterocycles. The van der Waals surface area contributed by atoms with Crippen molar-refractivity contribution in [2.45, 2.75) is 58.4 Å². The molecule has 0 saturated heterocycles. The van der Waals surface area contributed by atoms with Gasteiger partial charge >= 0.3 is 0 Å². The SMILES string of the molecule is Cc1cnc(CCNC(=O)CC2CCCCC2)n1Cc1ccccc1. The zero-order chi connectivity index (χ0) is 17.5. The van der Waals surface area contributed by atoms with E-state index in [1.807, 2.05) is 12.3 Å². The van der Waals surface area contributed by atoms with Crippen LogP contribution in [0.4, 0.5) is 0 Å². The monoisotopic (exact) mass is 339 g/mol. The Kier molecular flexibility index (Phi) is 6.26. The summed E-state index contributed by atoms with van der Waals surface area (Å²) in [5, 5.41) is 3.09. The number of aromatic nitrogens is 2. The smallest absolute Gasteiger partial charge is 0.220 e. The molecule has 1 aromatic carbocycles. The van der Waals surface area contributed by atoms with Crippen LogP contribution >= 0.6 is 0 Å². The maximum atomic E-state index is 12.1. The molecule has 0 unspecified atom stereocenters. The van der Waals surface area contributed by atoms with Crippen molar-refractivity contribution in [2.24, 2.45) is 5.92 Å². The molecule has 1 N–H and O–H groups in total. The normalized spacial score (nSPS) is 15.2. The minimum absolute atomic E-state index is 0.199. The molecular weight excluding hydrogens is 310 g/mol. The zero-order valence-corrected chi connectivity index (χ0v) is 15.2. The largest absolute Gasteiger partial charge is 0.356 e. The third kappa shape index (κ3) is 5.18. The molecular formula is C21H29N3O. The van der Waals surface area contributed by atoms with E-state index in [9.17, 15) is 4.79 Å². The first-order valence-corrected chi connectivity index (χ1v) is 9.54. The summed E-state index contributed by atoms with van der Waals surface area (Å²) in [4.78, 5) is 16.7. The summed E-state index contributed by atoms with van der Waals surface area (Å²) >= 11 is 0. The Labute approximate surface area is 150 Å². The fourth-order valence-electron chi connectivity index (χ4n) is 3.73. The Hall–Kier alpha value is -2.10. The molecule has 4 heteroatoms. The van der Waals surface area contributed by atoms with Crippen molar-refractivity contribution in [3.63, 3.8) is 0 Å². The van der Waals surface area contributed by atoms with Gasteiger partial charge in [-0.25, -0.2) is 4.98 Å². The van der Waals surface area contributed by atoms with E-state index in [4.69, 9.17) is 0 Å². The molecule has 0 aliphatic heterocycles. The average Bonchev–Trinajstić information content (AvgIpc) is 2.97. The van der Waals surface area contributed by atoms with Gasteiger partial charge in [0.25, 0.3) is 0 Å². The first-order valence-electron chi connectivity index (χ1n) is 9.54. The minimum atomic E-state index is 0.199. The van der Waals surface area contributed by atoms with Crippen LogP contribution in [0, 0.1) is 12.8 Å². The maximum absolute atomic E-state index is 12.1. The summed E-state index contributed by atoms with van der Waals surface area (Å²) in [5.41, 5.74) is 2.43. The van der Waals surface area contributed by atoms with Crippen LogP contribution in [0.15, 0.2) is 36.5 Å². The molecule has 4 nitrogen and oxygen atoms in total. The molecule has 134 valence electrons. The molecule has 2 aromatic rings. The highest BCUT2D eigenvalue weighted by Crippen LogP contribution is 2.26. The number of carbonyl (C=O) groups excluding carboxylic acids is 1. The first kappa shape index (κ1) is 17.7.